The van der Waals surface area contributed by atoms with Crippen LogP contribution >= 0.6 is 0 Å². The maximum atomic E-state index is 11.7. The SMILES string of the molecule is NCCCNC(=O)NC1(CC(=O)O)CCCCC1. The smallest absolute Gasteiger partial charge is 0.315 e. The van der Waals surface area contributed by atoms with Crippen molar-refractivity contribution in [2.24, 2.45) is 5.73 Å². The van der Waals surface area contributed by atoms with Crippen molar-refractivity contribution in [3.63, 3.8) is 0 Å². The van der Waals surface area contributed by atoms with Crippen LogP contribution in [0.2, 0.25) is 0 Å². The Morgan fingerprint density at radius 1 is 1.22 bits per heavy atom. The van der Waals surface area contributed by atoms with Crippen LogP contribution in [0.5, 0.6) is 0 Å². The number of carboxylic acids is 1. The lowest BCUT2D eigenvalue weighted by molar-refractivity contribution is -0.139. The van der Waals surface area contributed by atoms with E-state index in [1.54, 1.807) is 0 Å². The fourth-order valence-corrected chi connectivity index (χ4v) is 2.45. The lowest BCUT2D eigenvalue weighted by Crippen LogP contribution is -2.54. The number of aliphatic carboxylic acids is 1. The van der Waals surface area contributed by atoms with Crippen LogP contribution in [0, 0.1) is 0 Å². The van der Waals surface area contributed by atoms with Gasteiger partial charge < -0.3 is 21.5 Å². The molecule has 1 aliphatic rings. The van der Waals surface area contributed by atoms with Gasteiger partial charge >= 0.3 is 12.0 Å². The molecular formula is C12H23N3O3. The van der Waals surface area contributed by atoms with Crippen LogP contribution in [-0.4, -0.2) is 35.7 Å². The van der Waals surface area contributed by atoms with Crippen LogP contribution < -0.4 is 16.4 Å². The third-order valence-electron chi connectivity index (χ3n) is 3.35. The van der Waals surface area contributed by atoms with Crippen molar-refractivity contribution < 1.29 is 14.7 Å². The minimum atomic E-state index is -0.862. The molecule has 1 rings (SSSR count). The Bertz CT molecular complexity index is 288. The summed E-state index contributed by atoms with van der Waals surface area (Å²) in [6, 6.07) is -0.286. The zero-order valence-corrected chi connectivity index (χ0v) is 10.7. The zero-order valence-electron chi connectivity index (χ0n) is 10.7. The van der Waals surface area contributed by atoms with Crippen molar-refractivity contribution in [1.82, 2.24) is 10.6 Å². The fourth-order valence-electron chi connectivity index (χ4n) is 2.45. The molecule has 0 heterocycles. The highest BCUT2D eigenvalue weighted by Crippen LogP contribution is 2.31. The third-order valence-corrected chi connectivity index (χ3v) is 3.35. The quantitative estimate of drug-likeness (QED) is 0.528. The average molecular weight is 257 g/mol. The van der Waals surface area contributed by atoms with Gasteiger partial charge in [-0.25, -0.2) is 4.79 Å². The molecule has 0 aliphatic heterocycles. The second kappa shape index (κ2) is 7.20. The minimum absolute atomic E-state index is 0.00267. The van der Waals surface area contributed by atoms with Gasteiger partial charge in [-0.15, -0.1) is 0 Å². The molecule has 6 nitrogen and oxygen atoms in total. The molecule has 0 saturated heterocycles. The highest BCUT2D eigenvalue weighted by atomic mass is 16.4. The van der Waals surface area contributed by atoms with E-state index in [0.29, 0.717) is 13.1 Å². The van der Waals surface area contributed by atoms with Crippen molar-refractivity contribution >= 4 is 12.0 Å². The van der Waals surface area contributed by atoms with Gasteiger partial charge in [-0.2, -0.15) is 0 Å². The number of carbonyl (C=O) groups is 2. The number of nitrogens with one attached hydrogen (secondary N) is 2. The molecule has 104 valence electrons. The minimum Gasteiger partial charge on any atom is -0.481 e. The monoisotopic (exact) mass is 257 g/mol. The van der Waals surface area contributed by atoms with Gasteiger partial charge in [0, 0.05) is 6.54 Å². The molecule has 1 aliphatic carbocycles. The Hall–Kier alpha value is -1.30. The number of carbonyl (C=O) groups excluding carboxylic acids is 1. The topological polar surface area (TPSA) is 104 Å². The predicted octanol–water partition coefficient (Wildman–Crippen LogP) is 0.812. The third kappa shape index (κ3) is 4.91. The summed E-state index contributed by atoms with van der Waals surface area (Å²) in [5, 5.41) is 14.5. The number of carboxylic acid groups (broad SMARTS) is 1. The Kier molecular flexibility index (Phi) is 5.91. The van der Waals surface area contributed by atoms with Gasteiger partial charge in [0.2, 0.25) is 0 Å². The first-order chi connectivity index (χ1) is 8.58. The number of rotatable bonds is 6. The number of nitrogens with two attached hydrogens (primary N) is 1. The maximum Gasteiger partial charge on any atom is 0.315 e. The van der Waals surface area contributed by atoms with Crippen molar-refractivity contribution in [1.29, 1.82) is 0 Å². The lowest BCUT2D eigenvalue weighted by atomic mass is 9.79. The zero-order chi connectivity index (χ0) is 13.4. The molecule has 0 unspecified atom stereocenters. The van der Waals surface area contributed by atoms with E-state index in [4.69, 9.17) is 10.8 Å². The Morgan fingerprint density at radius 3 is 2.44 bits per heavy atom. The molecule has 0 radical (unpaired) electrons. The largest absolute Gasteiger partial charge is 0.481 e. The molecular weight excluding hydrogens is 234 g/mol. The second-order valence-corrected chi connectivity index (χ2v) is 4.93. The average Bonchev–Trinajstić information content (AvgIpc) is 2.29. The van der Waals surface area contributed by atoms with Crippen LogP contribution in [0.4, 0.5) is 4.79 Å². The van der Waals surface area contributed by atoms with Gasteiger partial charge in [0.05, 0.1) is 12.0 Å². The Morgan fingerprint density at radius 2 is 1.89 bits per heavy atom. The van der Waals surface area contributed by atoms with E-state index in [0.717, 1.165) is 38.5 Å². The van der Waals surface area contributed by atoms with Gasteiger partial charge in [-0.05, 0) is 25.8 Å². The summed E-state index contributed by atoms with van der Waals surface area (Å²) in [5.74, 6) is -0.862. The molecule has 1 saturated carbocycles. The molecule has 0 aromatic rings. The summed E-state index contributed by atoms with van der Waals surface area (Å²) in [5.41, 5.74) is 4.77. The van der Waals surface area contributed by atoms with E-state index < -0.39 is 11.5 Å². The van der Waals surface area contributed by atoms with Gasteiger partial charge in [0.25, 0.3) is 0 Å². The van der Waals surface area contributed by atoms with Crippen LogP contribution in [0.3, 0.4) is 0 Å². The van der Waals surface area contributed by atoms with Crippen LogP contribution in [0.25, 0.3) is 0 Å². The fraction of sp³-hybridized carbons (Fsp3) is 0.833. The van der Waals surface area contributed by atoms with Gasteiger partial charge in [-0.3, -0.25) is 4.79 Å². The van der Waals surface area contributed by atoms with Crippen LogP contribution in [0.15, 0.2) is 0 Å². The van der Waals surface area contributed by atoms with Crippen molar-refractivity contribution in [3.8, 4) is 0 Å². The van der Waals surface area contributed by atoms with Crippen molar-refractivity contribution in [2.45, 2.75) is 50.5 Å². The molecule has 1 fully saturated rings. The first-order valence-electron chi connectivity index (χ1n) is 6.56. The predicted molar refractivity (Wildman–Crippen MR) is 68.3 cm³/mol. The molecule has 6 heteroatoms. The molecule has 0 bridgehead atoms. The highest BCUT2D eigenvalue weighted by Gasteiger charge is 2.35. The molecule has 0 atom stereocenters. The number of hydrogen-bond donors (Lipinski definition) is 4. The van der Waals surface area contributed by atoms with Crippen molar-refractivity contribution in [3.05, 3.63) is 0 Å². The lowest BCUT2D eigenvalue weighted by Gasteiger charge is -2.36. The number of hydrogen-bond acceptors (Lipinski definition) is 3. The van der Waals surface area contributed by atoms with Crippen LogP contribution in [0.1, 0.15) is 44.9 Å². The summed E-state index contributed by atoms with van der Waals surface area (Å²) in [4.78, 5) is 22.6. The van der Waals surface area contributed by atoms with E-state index in [9.17, 15) is 9.59 Å². The first-order valence-corrected chi connectivity index (χ1v) is 6.56. The number of urea groups is 1. The van der Waals surface area contributed by atoms with Crippen LogP contribution in [-0.2, 0) is 4.79 Å². The van der Waals surface area contributed by atoms with E-state index in [2.05, 4.69) is 10.6 Å². The molecule has 2 amide bonds. The Balaban J connectivity index is 2.49. The normalized spacial score (nSPS) is 18.1. The molecule has 0 aromatic carbocycles. The summed E-state index contributed by atoms with van der Waals surface area (Å²) >= 11 is 0. The van der Waals surface area contributed by atoms with E-state index >= 15 is 0 Å². The van der Waals surface area contributed by atoms with Gasteiger partial charge in [0.15, 0.2) is 0 Å². The van der Waals surface area contributed by atoms with Gasteiger partial charge in [0.1, 0.15) is 0 Å². The van der Waals surface area contributed by atoms with E-state index in [-0.39, 0.29) is 12.5 Å². The molecule has 5 N–H and O–H groups in total. The van der Waals surface area contributed by atoms with Crippen molar-refractivity contribution in [2.75, 3.05) is 13.1 Å². The summed E-state index contributed by atoms with van der Waals surface area (Å²) in [6.07, 6.45) is 5.24. The summed E-state index contributed by atoms with van der Waals surface area (Å²) < 4.78 is 0. The number of amides is 2. The van der Waals surface area contributed by atoms with E-state index in [1.165, 1.54) is 0 Å². The van der Waals surface area contributed by atoms with Gasteiger partial charge in [-0.1, -0.05) is 19.3 Å². The summed E-state index contributed by atoms with van der Waals surface area (Å²) in [6.45, 7) is 1.05. The Labute approximate surface area is 107 Å². The first kappa shape index (κ1) is 14.8. The molecule has 0 spiro atoms. The molecule has 18 heavy (non-hydrogen) atoms. The second-order valence-electron chi connectivity index (χ2n) is 4.93. The maximum absolute atomic E-state index is 11.7. The molecule has 0 aromatic heterocycles. The summed E-state index contributed by atoms with van der Waals surface area (Å²) in [7, 11) is 0. The van der Waals surface area contributed by atoms with E-state index in [1.807, 2.05) is 0 Å². The standard InChI is InChI=1S/C12H23N3O3/c13-7-4-8-14-11(18)15-12(9-10(16)17)5-2-1-3-6-12/h1-9,13H2,(H,16,17)(H2,14,15,18). The highest BCUT2D eigenvalue weighted by molar-refractivity contribution is 5.76.